The molecule has 4 nitrogen and oxygen atoms in total. The van der Waals surface area contributed by atoms with Gasteiger partial charge in [-0.05, 0) is 0 Å². The smallest absolute Gasteiger partial charge is 0.112 e. The first-order valence-corrected chi connectivity index (χ1v) is 22.1. The summed E-state index contributed by atoms with van der Waals surface area (Å²) < 4.78 is 38.7. The Bertz CT molecular complexity index is 845. The van der Waals surface area contributed by atoms with Crippen molar-refractivity contribution in [3.63, 3.8) is 0 Å². The number of benzene rings is 3. The van der Waals surface area contributed by atoms with Crippen LogP contribution in [0.25, 0.3) is 0 Å². The molecule has 0 fully saturated rings. The topological polar surface area (TPSA) is 92.2 Å². The van der Waals surface area contributed by atoms with Crippen LogP contribution in [0.4, 0.5) is 0 Å². The van der Waals surface area contributed by atoms with Gasteiger partial charge in [-0.2, -0.15) is 0 Å². The van der Waals surface area contributed by atoms with Crippen molar-refractivity contribution in [1.29, 1.82) is 0 Å². The normalized spacial score (nSPS) is 11.8. The number of hydrogen-bond donors (Lipinski definition) is 0. The van der Waals surface area contributed by atoms with E-state index in [9.17, 15) is 0 Å². The van der Waals surface area contributed by atoms with E-state index in [-0.39, 0.29) is 0 Å². The summed E-state index contributed by atoms with van der Waals surface area (Å²) in [5.41, 5.74) is 0. The minimum Gasteiger partial charge on any atom is -0.222 e. The van der Waals surface area contributed by atoms with Gasteiger partial charge in [0.1, 0.15) is 0 Å². The van der Waals surface area contributed by atoms with Gasteiger partial charge >= 0.3 is 199 Å². The molecule has 0 N–H and O–H groups in total. The first-order chi connectivity index (χ1) is 17.3. The predicted octanol–water partition coefficient (Wildman–Crippen LogP) is 2.71. The fraction of sp³-hybridized carbons (Fsp3) is 0.379. The van der Waals surface area contributed by atoms with Crippen LogP contribution in [0.3, 0.4) is 0 Å². The van der Waals surface area contributed by atoms with E-state index in [0.29, 0.717) is 0 Å². The maximum absolute atomic E-state index is 8.49. The van der Waals surface area contributed by atoms with Crippen LogP contribution in [0, 0.1) is 10.2 Å². The van der Waals surface area contributed by atoms with Gasteiger partial charge in [-0.3, -0.25) is 0 Å². The van der Waals surface area contributed by atoms with Crippen molar-refractivity contribution in [2.75, 3.05) is 6.16 Å². The van der Waals surface area contributed by atoms with Crippen molar-refractivity contribution < 1.29 is 28.9 Å². The zero-order chi connectivity index (χ0) is 26.3. The van der Waals surface area contributed by atoms with Crippen LogP contribution < -0.4 is 34.5 Å². The Hall–Kier alpha value is -0.981. The summed E-state index contributed by atoms with van der Waals surface area (Å²) in [7, 11) is -6.57. The second-order valence-corrected chi connectivity index (χ2v) is 21.9. The molecule has 0 atom stereocenters. The van der Waals surface area contributed by atoms with Crippen molar-refractivity contribution in [3.8, 4) is 0 Å². The molecule has 3 aromatic rings. The molecule has 0 unspecified atom stereocenters. The number of hydrogen-bond acceptors (Lipinski definition) is 4. The van der Waals surface area contributed by atoms with E-state index >= 15 is 0 Å². The van der Waals surface area contributed by atoms with Gasteiger partial charge < -0.3 is 0 Å². The third-order valence-corrected chi connectivity index (χ3v) is 20.0. The minimum atomic E-state index is -4.94. The van der Waals surface area contributed by atoms with E-state index in [2.05, 4.69) is 105 Å². The van der Waals surface area contributed by atoms with Crippen molar-refractivity contribution >= 4 is 42.9 Å². The van der Waals surface area contributed by atoms with Gasteiger partial charge in [0.25, 0.3) is 0 Å². The summed E-state index contributed by atoms with van der Waals surface area (Å²) in [5, 5.41) is 4.62. The molecule has 0 spiro atoms. The van der Waals surface area contributed by atoms with Crippen LogP contribution in [0.15, 0.2) is 91.0 Å². The Morgan fingerprint density at radius 1 is 0.556 bits per heavy atom. The fourth-order valence-electron chi connectivity index (χ4n) is 4.68. The molecule has 0 aliphatic carbocycles. The quantitative estimate of drug-likeness (QED) is 0.213. The van der Waals surface area contributed by atoms with Crippen molar-refractivity contribution in [1.82, 2.24) is 0 Å². The summed E-state index contributed by atoms with van der Waals surface area (Å²) in [4.78, 5) is 0. The maximum Gasteiger partial charge on any atom is -0.112 e. The van der Waals surface area contributed by atoms with Crippen LogP contribution in [0.5, 0.6) is 0 Å². The van der Waals surface area contributed by atoms with Gasteiger partial charge in [0, 0.05) is 0 Å². The molecular formula is C29H39ClO4PSn. The van der Waals surface area contributed by atoms with E-state index in [0.717, 1.165) is 0 Å². The third-order valence-electron chi connectivity index (χ3n) is 6.38. The van der Waals surface area contributed by atoms with E-state index in [4.69, 9.17) is 18.6 Å². The summed E-state index contributed by atoms with van der Waals surface area (Å²) in [6.07, 6.45) is 8.38. The molecule has 0 heterocycles. The monoisotopic (exact) mass is 637 g/mol. The minimum absolute atomic E-state index is 1.25. The number of unbranched alkanes of at least 4 members (excludes halogenated alkanes) is 2. The molecule has 0 aliphatic heterocycles. The Balaban J connectivity index is 0.000000830. The largest absolute Gasteiger partial charge is 0.222 e. The molecule has 1 radical (unpaired) electrons. The van der Waals surface area contributed by atoms with Gasteiger partial charge in [-0.1, -0.05) is 0 Å². The average molecular weight is 637 g/mol. The number of halogens is 1. The van der Waals surface area contributed by atoms with E-state index in [1.165, 1.54) is 38.3 Å². The SMILES string of the molecule is CCC[CH2][Sn]([CH2]CCC)[CH2]CC[P+](c1ccccc1)(c1ccccc1)c1ccccc1.[O-][Cl+3]([O-])([O-])[O-]. The first-order valence-electron chi connectivity index (χ1n) is 12.8. The molecule has 7 heteroatoms. The summed E-state index contributed by atoms with van der Waals surface area (Å²) in [6.45, 7) is 4.72. The second kappa shape index (κ2) is 16.8. The molecule has 36 heavy (non-hydrogen) atoms. The van der Waals surface area contributed by atoms with E-state index in [1.807, 2.05) is 0 Å². The van der Waals surface area contributed by atoms with Crippen LogP contribution in [0.1, 0.15) is 46.0 Å². The zero-order valence-corrected chi connectivity index (χ0v) is 26.0. The molecule has 0 aliphatic rings. The first kappa shape index (κ1) is 31.2. The van der Waals surface area contributed by atoms with Gasteiger partial charge in [-0.15, -0.1) is 10.2 Å². The Morgan fingerprint density at radius 3 is 1.17 bits per heavy atom. The van der Waals surface area contributed by atoms with Crippen molar-refractivity contribution in [3.05, 3.63) is 91.0 Å². The second-order valence-electron chi connectivity index (χ2n) is 8.98. The molecule has 0 aromatic heterocycles. The summed E-state index contributed by atoms with van der Waals surface area (Å²) in [6, 6.07) is 34.2. The molecule has 0 bridgehead atoms. The van der Waals surface area contributed by atoms with Crippen LogP contribution in [-0.4, -0.2) is 25.9 Å². The molecule has 195 valence electrons. The average Bonchev–Trinajstić information content (AvgIpc) is 2.88. The molecular weight excluding hydrogens is 597 g/mol. The zero-order valence-electron chi connectivity index (χ0n) is 21.5. The summed E-state index contributed by atoms with van der Waals surface area (Å²) >= 11 is -1.25. The van der Waals surface area contributed by atoms with E-state index < -0.39 is 37.3 Å². The van der Waals surface area contributed by atoms with Gasteiger partial charge in [-0.25, -0.2) is 18.6 Å². The fourth-order valence-corrected chi connectivity index (χ4v) is 18.8. The Labute approximate surface area is 227 Å². The molecule has 0 saturated carbocycles. The van der Waals surface area contributed by atoms with Crippen molar-refractivity contribution in [2.24, 2.45) is 0 Å². The molecule has 3 aromatic carbocycles. The Morgan fingerprint density at radius 2 is 0.861 bits per heavy atom. The molecule has 0 saturated heterocycles. The maximum atomic E-state index is 8.49. The third kappa shape index (κ3) is 10.8. The van der Waals surface area contributed by atoms with Gasteiger partial charge in [0.05, 0.1) is 0 Å². The van der Waals surface area contributed by atoms with E-state index in [1.54, 1.807) is 29.2 Å². The van der Waals surface area contributed by atoms with Crippen LogP contribution in [0.2, 0.25) is 13.3 Å². The molecule has 0 amide bonds. The summed E-state index contributed by atoms with van der Waals surface area (Å²) in [5.74, 6) is 0. The van der Waals surface area contributed by atoms with Crippen LogP contribution in [-0.2, 0) is 0 Å². The van der Waals surface area contributed by atoms with Crippen LogP contribution >= 0.6 is 7.26 Å². The standard InChI is InChI=1S/C21H21P.2C4H9.ClHO4.Sn/c1-2-18-22(19-12-6-3-7-13-19,20-14-8-4-9-15-20)21-16-10-5-11-17-21;2*1-3-4-2;2-1(3,4)5;/h3-17H,1-2,18H2;2*1,3-4H2,2H3;(H,2,3,4,5);/q+1;;;;/p-1. The molecule has 3 rings (SSSR count). The number of rotatable bonds is 13. The Kier molecular flexibility index (Phi) is 14.6. The van der Waals surface area contributed by atoms with Crippen molar-refractivity contribution in [2.45, 2.75) is 59.3 Å². The van der Waals surface area contributed by atoms with Gasteiger partial charge in [0.2, 0.25) is 0 Å². The predicted molar refractivity (Wildman–Crippen MR) is 145 cm³/mol. The van der Waals surface area contributed by atoms with Gasteiger partial charge in [0.15, 0.2) is 0 Å².